The monoisotopic (exact) mass is 413 g/mol. The Morgan fingerprint density at radius 1 is 1.22 bits per heavy atom. The molecule has 0 fully saturated rings. The maximum Gasteiger partial charge on any atom is 0.271 e. The Kier molecular flexibility index (Phi) is 6.72. The molecule has 144 valence electrons. The highest BCUT2D eigenvalue weighted by Gasteiger charge is 2.12. The molecule has 0 aliphatic carbocycles. The summed E-state index contributed by atoms with van der Waals surface area (Å²) in [7, 11) is -3.73. The Morgan fingerprint density at radius 2 is 1.89 bits per heavy atom. The molecule has 0 radical (unpaired) electrons. The van der Waals surface area contributed by atoms with Crippen molar-refractivity contribution in [1.29, 1.82) is 0 Å². The fourth-order valence-electron chi connectivity index (χ4n) is 2.11. The van der Waals surface area contributed by atoms with Crippen LogP contribution in [0.2, 0.25) is 5.02 Å². The number of hydrogen-bond acceptors (Lipinski definition) is 6. The number of primary sulfonamides is 1. The van der Waals surface area contributed by atoms with Gasteiger partial charge in [0.05, 0.1) is 14.8 Å². The largest absolute Gasteiger partial charge is 0.482 e. The van der Waals surface area contributed by atoms with Crippen LogP contribution in [0.1, 0.15) is 5.56 Å². The van der Waals surface area contributed by atoms with Gasteiger partial charge in [-0.2, -0.15) is 0 Å². The van der Waals surface area contributed by atoms with Gasteiger partial charge in [-0.1, -0.05) is 23.7 Å². The molecule has 0 aliphatic rings. The Labute approximate surface area is 160 Å². The Balaban J connectivity index is 1.79. The van der Waals surface area contributed by atoms with Crippen LogP contribution in [0.25, 0.3) is 0 Å². The second-order valence-corrected chi connectivity index (χ2v) is 7.42. The third kappa shape index (κ3) is 6.20. The van der Waals surface area contributed by atoms with Gasteiger partial charge in [-0.05, 0) is 30.2 Å². The highest BCUT2D eigenvalue weighted by Crippen LogP contribution is 2.28. The molecule has 2 aromatic carbocycles. The first-order valence-electron chi connectivity index (χ1n) is 7.62. The zero-order chi connectivity index (χ0) is 20.0. The minimum atomic E-state index is -3.73. The molecular formula is C16H16ClN3O6S. The number of amides is 1. The normalized spacial score (nSPS) is 11.0. The van der Waals surface area contributed by atoms with Crippen LogP contribution in [0, 0.1) is 10.1 Å². The van der Waals surface area contributed by atoms with Gasteiger partial charge in [-0.15, -0.1) is 0 Å². The molecule has 0 heterocycles. The van der Waals surface area contributed by atoms with Crippen molar-refractivity contribution < 1.29 is 22.9 Å². The molecule has 0 spiro atoms. The number of ether oxygens (including phenoxy) is 1. The lowest BCUT2D eigenvalue weighted by molar-refractivity contribution is -0.384. The molecule has 0 saturated heterocycles. The quantitative estimate of drug-likeness (QED) is 0.497. The summed E-state index contributed by atoms with van der Waals surface area (Å²) < 4.78 is 27.6. The zero-order valence-electron chi connectivity index (χ0n) is 13.9. The van der Waals surface area contributed by atoms with Gasteiger partial charge < -0.3 is 10.1 Å². The van der Waals surface area contributed by atoms with Gasteiger partial charge in [-0.25, -0.2) is 13.6 Å². The number of carbonyl (C=O) groups is 1. The molecule has 3 N–H and O–H groups in total. The van der Waals surface area contributed by atoms with Gasteiger partial charge in [0.1, 0.15) is 5.75 Å². The zero-order valence-corrected chi connectivity index (χ0v) is 15.5. The average molecular weight is 414 g/mol. The molecule has 11 heteroatoms. The van der Waals surface area contributed by atoms with E-state index in [1.54, 1.807) is 12.1 Å². The van der Waals surface area contributed by atoms with E-state index in [4.69, 9.17) is 21.5 Å². The number of non-ortho nitro benzene ring substituents is 1. The third-order valence-corrected chi connectivity index (χ3v) is 4.70. The van der Waals surface area contributed by atoms with E-state index in [0.717, 1.165) is 11.6 Å². The lowest BCUT2D eigenvalue weighted by atomic mass is 10.1. The van der Waals surface area contributed by atoms with Crippen LogP contribution in [0.3, 0.4) is 0 Å². The van der Waals surface area contributed by atoms with Crippen LogP contribution in [-0.4, -0.2) is 32.4 Å². The molecule has 0 aliphatic heterocycles. The van der Waals surface area contributed by atoms with Crippen LogP contribution in [0.4, 0.5) is 5.69 Å². The first-order valence-corrected chi connectivity index (χ1v) is 9.54. The SMILES string of the molecule is NS(=O)(=O)c1ccc(CCNC(=O)COc2ccc([N+](=O)[O-])cc2Cl)cc1. The maximum absolute atomic E-state index is 11.8. The average Bonchev–Trinajstić information content (AvgIpc) is 2.60. The number of rotatable bonds is 8. The summed E-state index contributed by atoms with van der Waals surface area (Å²) in [6.07, 6.45) is 0.481. The number of benzene rings is 2. The molecule has 0 bridgehead atoms. The molecule has 2 rings (SSSR count). The van der Waals surface area contributed by atoms with Crippen molar-refractivity contribution in [2.75, 3.05) is 13.2 Å². The standard InChI is InChI=1S/C16H16ClN3O6S/c17-14-9-12(20(22)23)3-6-15(14)26-10-16(21)19-8-7-11-1-4-13(5-2-11)27(18,24)25/h1-6,9H,7-8,10H2,(H,19,21)(H2,18,24,25). The van der Waals surface area contributed by atoms with E-state index in [-0.39, 0.29) is 28.0 Å². The number of sulfonamides is 1. The molecule has 0 unspecified atom stereocenters. The van der Waals surface area contributed by atoms with Crippen LogP contribution in [0.15, 0.2) is 47.4 Å². The van der Waals surface area contributed by atoms with E-state index in [1.165, 1.54) is 24.3 Å². The van der Waals surface area contributed by atoms with Crippen molar-refractivity contribution in [1.82, 2.24) is 5.32 Å². The van der Waals surface area contributed by atoms with Crippen molar-refractivity contribution in [2.45, 2.75) is 11.3 Å². The summed E-state index contributed by atoms with van der Waals surface area (Å²) in [4.78, 5) is 21.9. The Hall–Kier alpha value is -2.69. The number of carbonyl (C=O) groups excluding carboxylic acids is 1. The number of nitro benzene ring substituents is 1. The van der Waals surface area contributed by atoms with E-state index in [2.05, 4.69) is 5.32 Å². The molecule has 0 aromatic heterocycles. The van der Waals surface area contributed by atoms with E-state index < -0.39 is 20.9 Å². The maximum atomic E-state index is 11.8. The Bertz CT molecular complexity index is 947. The van der Waals surface area contributed by atoms with E-state index in [9.17, 15) is 23.3 Å². The number of nitrogens with zero attached hydrogens (tertiary/aromatic N) is 1. The highest BCUT2D eigenvalue weighted by molar-refractivity contribution is 7.89. The Morgan fingerprint density at radius 3 is 2.44 bits per heavy atom. The number of nitrogens with one attached hydrogen (secondary N) is 1. The molecule has 9 nitrogen and oxygen atoms in total. The molecule has 2 aromatic rings. The van der Waals surface area contributed by atoms with Crippen molar-refractivity contribution in [3.8, 4) is 5.75 Å². The minimum Gasteiger partial charge on any atom is -0.482 e. The van der Waals surface area contributed by atoms with Crippen molar-refractivity contribution in [2.24, 2.45) is 5.14 Å². The minimum absolute atomic E-state index is 0.0173. The summed E-state index contributed by atoms with van der Waals surface area (Å²) in [5, 5.41) is 18.3. The summed E-state index contributed by atoms with van der Waals surface area (Å²) in [5.41, 5.74) is 0.646. The topological polar surface area (TPSA) is 142 Å². The summed E-state index contributed by atoms with van der Waals surface area (Å²) in [6, 6.07) is 9.70. The van der Waals surface area contributed by atoms with Crippen LogP contribution < -0.4 is 15.2 Å². The van der Waals surface area contributed by atoms with Crippen LogP contribution in [-0.2, 0) is 21.2 Å². The predicted octanol–water partition coefficient (Wildman–Crippen LogP) is 1.63. The van der Waals surface area contributed by atoms with Crippen molar-refractivity contribution in [3.63, 3.8) is 0 Å². The molecule has 27 heavy (non-hydrogen) atoms. The van der Waals surface area contributed by atoms with Gasteiger partial charge in [0.15, 0.2) is 6.61 Å². The lowest BCUT2D eigenvalue weighted by Gasteiger charge is -2.09. The van der Waals surface area contributed by atoms with Gasteiger partial charge in [0, 0.05) is 18.7 Å². The van der Waals surface area contributed by atoms with Crippen LogP contribution in [0.5, 0.6) is 5.75 Å². The highest BCUT2D eigenvalue weighted by atomic mass is 35.5. The van der Waals surface area contributed by atoms with E-state index >= 15 is 0 Å². The number of halogens is 1. The first-order chi connectivity index (χ1) is 12.7. The number of nitrogens with two attached hydrogens (primary N) is 1. The van der Waals surface area contributed by atoms with Crippen molar-refractivity contribution >= 4 is 33.2 Å². The summed E-state index contributed by atoms with van der Waals surface area (Å²) in [5.74, 6) is -0.235. The molecule has 0 atom stereocenters. The molecule has 1 amide bonds. The van der Waals surface area contributed by atoms with Gasteiger partial charge in [0.25, 0.3) is 11.6 Å². The van der Waals surface area contributed by atoms with Crippen LogP contribution >= 0.6 is 11.6 Å². The van der Waals surface area contributed by atoms with Gasteiger partial charge in [-0.3, -0.25) is 14.9 Å². The van der Waals surface area contributed by atoms with Gasteiger partial charge >= 0.3 is 0 Å². The number of nitro groups is 1. The fourth-order valence-corrected chi connectivity index (χ4v) is 2.85. The van der Waals surface area contributed by atoms with Crippen molar-refractivity contribution in [3.05, 3.63) is 63.2 Å². The lowest BCUT2D eigenvalue weighted by Crippen LogP contribution is -2.30. The predicted molar refractivity (Wildman–Crippen MR) is 98.1 cm³/mol. The molecule has 0 saturated carbocycles. The first kappa shape index (κ1) is 20.6. The summed E-state index contributed by atoms with van der Waals surface area (Å²) in [6.45, 7) is 0.00674. The second-order valence-electron chi connectivity index (χ2n) is 5.45. The van der Waals surface area contributed by atoms with E-state index in [0.29, 0.717) is 13.0 Å². The van der Waals surface area contributed by atoms with Gasteiger partial charge in [0.2, 0.25) is 10.0 Å². The smallest absolute Gasteiger partial charge is 0.271 e. The third-order valence-electron chi connectivity index (χ3n) is 3.47. The molecular weight excluding hydrogens is 398 g/mol. The number of hydrogen-bond donors (Lipinski definition) is 2. The summed E-state index contributed by atoms with van der Waals surface area (Å²) >= 11 is 5.87. The van der Waals surface area contributed by atoms with E-state index in [1.807, 2.05) is 0 Å². The fraction of sp³-hybridized carbons (Fsp3) is 0.188. The second kappa shape index (κ2) is 8.80.